The number of hydrogen-bond donors (Lipinski definition) is 2. The fraction of sp³-hybridized carbons (Fsp3) is 0.500. The van der Waals surface area contributed by atoms with Crippen molar-refractivity contribution in [2.45, 2.75) is 19.8 Å². The van der Waals surface area contributed by atoms with Crippen LogP contribution in [0.5, 0.6) is 0 Å². The first-order chi connectivity index (χ1) is 9.35. The van der Waals surface area contributed by atoms with Gasteiger partial charge in [-0.1, -0.05) is 6.92 Å². The molecule has 8 heteroatoms. The Hall–Kier alpha value is -0.730. The molecule has 2 N–H and O–H groups in total. The molecule has 0 fully saturated rings. The molecule has 1 aromatic rings. The van der Waals surface area contributed by atoms with E-state index in [1.807, 2.05) is 6.92 Å². The van der Waals surface area contributed by atoms with E-state index in [4.69, 9.17) is 0 Å². The maximum Gasteiger partial charge on any atom is 0.232 e. The first-order valence-electron chi connectivity index (χ1n) is 6.21. The van der Waals surface area contributed by atoms with Crippen LogP contribution in [0.15, 0.2) is 16.6 Å². The van der Waals surface area contributed by atoms with Gasteiger partial charge in [0.25, 0.3) is 0 Å². The van der Waals surface area contributed by atoms with Crippen LogP contribution in [0.3, 0.4) is 0 Å². The lowest BCUT2D eigenvalue weighted by molar-refractivity contribution is 0.580. The van der Waals surface area contributed by atoms with Gasteiger partial charge in [0, 0.05) is 10.5 Å². The summed E-state index contributed by atoms with van der Waals surface area (Å²) in [5, 5.41) is 3.08. The molecular weight excluding hydrogens is 354 g/mol. The lowest BCUT2D eigenvalue weighted by Gasteiger charge is -2.11. The summed E-state index contributed by atoms with van der Waals surface area (Å²) in [6.07, 6.45) is 1.17. The summed E-state index contributed by atoms with van der Waals surface area (Å²) in [6.45, 7) is 3.53. The van der Waals surface area contributed by atoms with Gasteiger partial charge in [-0.3, -0.25) is 4.72 Å². The van der Waals surface area contributed by atoms with Crippen LogP contribution in [0.25, 0.3) is 0 Å². The minimum absolute atomic E-state index is 0.0335. The quantitative estimate of drug-likeness (QED) is 0.691. The Kier molecular flexibility index (Phi) is 6.84. The molecule has 0 aliphatic heterocycles. The highest BCUT2D eigenvalue weighted by molar-refractivity contribution is 9.10. The molecule has 4 nitrogen and oxygen atoms in total. The molecule has 1 rings (SSSR count). The van der Waals surface area contributed by atoms with Crippen molar-refractivity contribution in [3.05, 3.63) is 28.2 Å². The molecule has 0 radical (unpaired) electrons. The normalized spacial score (nSPS) is 11.6. The third-order valence-electron chi connectivity index (χ3n) is 2.53. The molecule has 0 aliphatic rings. The maximum atomic E-state index is 13.5. The van der Waals surface area contributed by atoms with Crippen LogP contribution in [0, 0.1) is 11.6 Å². The van der Waals surface area contributed by atoms with Crippen molar-refractivity contribution < 1.29 is 17.2 Å². The largest absolute Gasteiger partial charge is 0.317 e. The Morgan fingerprint density at radius 1 is 1.25 bits per heavy atom. The van der Waals surface area contributed by atoms with Gasteiger partial charge in [0.1, 0.15) is 5.82 Å². The smallest absolute Gasteiger partial charge is 0.232 e. The Morgan fingerprint density at radius 3 is 2.55 bits per heavy atom. The van der Waals surface area contributed by atoms with Crippen molar-refractivity contribution in [1.29, 1.82) is 0 Å². The van der Waals surface area contributed by atoms with Crippen LogP contribution in [0.4, 0.5) is 14.5 Å². The molecule has 0 heterocycles. The molecule has 0 aromatic heterocycles. The van der Waals surface area contributed by atoms with Crippen LogP contribution in [0.2, 0.25) is 0 Å². The second-order valence-electron chi connectivity index (χ2n) is 4.23. The van der Waals surface area contributed by atoms with E-state index in [-0.39, 0.29) is 15.9 Å². The van der Waals surface area contributed by atoms with Crippen molar-refractivity contribution in [3.63, 3.8) is 0 Å². The molecule has 114 valence electrons. The number of hydrogen-bond acceptors (Lipinski definition) is 3. The van der Waals surface area contributed by atoms with E-state index in [1.54, 1.807) is 0 Å². The molecule has 0 saturated carbocycles. The predicted molar refractivity (Wildman–Crippen MR) is 79.2 cm³/mol. The number of nitrogens with one attached hydrogen (secondary N) is 2. The van der Waals surface area contributed by atoms with E-state index in [9.17, 15) is 17.2 Å². The average molecular weight is 371 g/mol. The number of benzene rings is 1. The summed E-state index contributed by atoms with van der Waals surface area (Å²) in [7, 11) is -3.65. The molecule has 0 spiro atoms. The lowest BCUT2D eigenvalue weighted by Crippen LogP contribution is -2.20. The number of halogens is 3. The molecule has 0 bridgehead atoms. The van der Waals surface area contributed by atoms with Crippen molar-refractivity contribution in [3.8, 4) is 0 Å². The van der Waals surface area contributed by atoms with Gasteiger partial charge in [-0.15, -0.1) is 0 Å². The number of unbranched alkanes of at least 4 members (excludes halogenated alkanes) is 1. The van der Waals surface area contributed by atoms with Gasteiger partial charge >= 0.3 is 0 Å². The zero-order valence-corrected chi connectivity index (χ0v) is 13.5. The van der Waals surface area contributed by atoms with Gasteiger partial charge in [-0.05, 0) is 47.9 Å². The van der Waals surface area contributed by atoms with Crippen LogP contribution in [0.1, 0.15) is 19.8 Å². The molecular formula is C12H17BrF2N2O2S. The standard InChI is InChI=1S/C12H17BrF2N2O2S/c1-2-16-5-3-4-6-20(18,19)17-12-10(13)7-9(14)8-11(12)15/h7-8,16-17H,2-6H2,1H3. The Morgan fingerprint density at radius 2 is 1.95 bits per heavy atom. The number of anilines is 1. The molecule has 1 aromatic carbocycles. The summed E-state index contributed by atoms with van der Waals surface area (Å²) in [6, 6.07) is 1.64. The van der Waals surface area contributed by atoms with Crippen molar-refractivity contribution in [1.82, 2.24) is 5.32 Å². The van der Waals surface area contributed by atoms with E-state index >= 15 is 0 Å². The van der Waals surface area contributed by atoms with E-state index < -0.39 is 21.7 Å². The summed E-state index contributed by atoms with van der Waals surface area (Å²) < 4.78 is 52.2. The maximum absolute atomic E-state index is 13.5. The second kappa shape index (κ2) is 7.90. The Bertz CT molecular complexity index is 529. The highest BCUT2D eigenvalue weighted by Gasteiger charge is 2.16. The minimum Gasteiger partial charge on any atom is -0.317 e. The first kappa shape index (κ1) is 17.3. The van der Waals surface area contributed by atoms with Crippen LogP contribution >= 0.6 is 15.9 Å². The van der Waals surface area contributed by atoms with E-state index in [0.717, 1.165) is 19.2 Å². The van der Waals surface area contributed by atoms with Gasteiger partial charge in [0.05, 0.1) is 11.4 Å². The highest BCUT2D eigenvalue weighted by Crippen LogP contribution is 2.27. The third-order valence-corrected chi connectivity index (χ3v) is 4.50. The summed E-state index contributed by atoms with van der Waals surface area (Å²) in [4.78, 5) is 0. The number of rotatable bonds is 8. The van der Waals surface area contributed by atoms with Crippen LogP contribution in [-0.2, 0) is 10.0 Å². The first-order valence-corrected chi connectivity index (χ1v) is 8.66. The fourth-order valence-electron chi connectivity index (χ4n) is 1.57. The van der Waals surface area contributed by atoms with Gasteiger partial charge in [-0.2, -0.15) is 0 Å². The Balaban J connectivity index is 2.63. The molecule has 0 amide bonds. The average Bonchev–Trinajstić information content (AvgIpc) is 2.33. The van der Waals surface area contributed by atoms with E-state index in [0.29, 0.717) is 18.9 Å². The second-order valence-corrected chi connectivity index (χ2v) is 6.92. The van der Waals surface area contributed by atoms with Crippen LogP contribution in [-0.4, -0.2) is 27.3 Å². The van der Waals surface area contributed by atoms with Gasteiger partial charge < -0.3 is 5.32 Å². The molecule has 0 aliphatic carbocycles. The van der Waals surface area contributed by atoms with Crippen molar-refractivity contribution >= 4 is 31.6 Å². The van der Waals surface area contributed by atoms with Gasteiger partial charge in [0.2, 0.25) is 10.0 Å². The predicted octanol–water partition coefficient (Wildman–Crippen LogP) is 2.86. The van der Waals surface area contributed by atoms with E-state index in [1.165, 1.54) is 0 Å². The zero-order valence-electron chi connectivity index (χ0n) is 11.0. The third kappa shape index (κ3) is 5.72. The van der Waals surface area contributed by atoms with E-state index in [2.05, 4.69) is 26.0 Å². The summed E-state index contributed by atoms with van der Waals surface area (Å²) >= 11 is 2.94. The minimum atomic E-state index is -3.65. The van der Waals surface area contributed by atoms with Crippen molar-refractivity contribution in [2.75, 3.05) is 23.6 Å². The molecule has 0 unspecified atom stereocenters. The molecule has 0 atom stereocenters. The van der Waals surface area contributed by atoms with Gasteiger partial charge in [0.15, 0.2) is 5.82 Å². The fourth-order valence-corrected chi connectivity index (χ4v) is 3.41. The summed E-state index contributed by atoms with van der Waals surface area (Å²) in [5.74, 6) is -1.84. The SMILES string of the molecule is CCNCCCCS(=O)(=O)Nc1c(F)cc(F)cc1Br. The Labute approximate surface area is 126 Å². The lowest BCUT2D eigenvalue weighted by atomic mass is 10.3. The molecule has 20 heavy (non-hydrogen) atoms. The molecule has 0 saturated heterocycles. The van der Waals surface area contributed by atoms with Crippen LogP contribution < -0.4 is 10.0 Å². The topological polar surface area (TPSA) is 58.2 Å². The zero-order chi connectivity index (χ0) is 15.2. The highest BCUT2D eigenvalue weighted by atomic mass is 79.9. The number of sulfonamides is 1. The van der Waals surface area contributed by atoms with Crippen molar-refractivity contribution in [2.24, 2.45) is 0 Å². The summed E-state index contributed by atoms with van der Waals surface area (Å²) in [5.41, 5.74) is -0.266. The van der Waals surface area contributed by atoms with Gasteiger partial charge in [-0.25, -0.2) is 17.2 Å². The monoisotopic (exact) mass is 370 g/mol.